The van der Waals surface area contributed by atoms with E-state index in [1.165, 1.54) is 0 Å². The van der Waals surface area contributed by atoms with Crippen LogP contribution >= 0.6 is 0 Å². The van der Waals surface area contributed by atoms with Crippen molar-refractivity contribution >= 4 is 5.91 Å². The first kappa shape index (κ1) is 10.5. The number of rotatable bonds is 2. The van der Waals surface area contributed by atoms with E-state index in [4.69, 9.17) is 5.11 Å². The summed E-state index contributed by atoms with van der Waals surface area (Å²) in [5.41, 5.74) is 0. The number of piperidine rings is 1. The van der Waals surface area contributed by atoms with E-state index in [0.717, 1.165) is 19.5 Å². The zero-order valence-corrected chi connectivity index (χ0v) is 8.29. The van der Waals surface area contributed by atoms with E-state index in [9.17, 15) is 4.79 Å². The molecule has 1 rings (SSSR count). The Bertz CT molecular complexity index is 184. The van der Waals surface area contributed by atoms with Gasteiger partial charge in [0.05, 0.1) is 0 Å². The van der Waals surface area contributed by atoms with E-state index >= 15 is 0 Å². The Kier molecular flexibility index (Phi) is 3.69. The molecule has 0 aromatic heterocycles. The topological polar surface area (TPSA) is 52.6 Å². The van der Waals surface area contributed by atoms with Gasteiger partial charge in [0.15, 0.2) is 0 Å². The highest BCUT2D eigenvalue weighted by molar-refractivity contribution is 5.73. The summed E-state index contributed by atoms with van der Waals surface area (Å²) in [7, 11) is 1.87. The quantitative estimate of drug-likeness (QED) is 0.607. The van der Waals surface area contributed by atoms with Gasteiger partial charge in [0.1, 0.15) is 0 Å². The van der Waals surface area contributed by atoms with Crippen LogP contribution in [-0.2, 0) is 4.79 Å². The van der Waals surface area contributed by atoms with Crippen molar-refractivity contribution in [1.82, 2.24) is 10.2 Å². The van der Waals surface area contributed by atoms with Gasteiger partial charge in [-0.05, 0) is 13.5 Å². The predicted octanol–water partition coefficient (Wildman–Crippen LogP) is -0.565. The van der Waals surface area contributed by atoms with Crippen molar-refractivity contribution in [3.8, 4) is 0 Å². The molecule has 0 radical (unpaired) electrons. The fraction of sp³-hybridized carbons (Fsp3) is 0.889. The van der Waals surface area contributed by atoms with Crippen molar-refractivity contribution in [2.45, 2.75) is 19.4 Å². The third-order valence-corrected chi connectivity index (χ3v) is 2.81. The maximum absolute atomic E-state index is 11.1. The lowest BCUT2D eigenvalue weighted by Crippen LogP contribution is -2.52. The first-order chi connectivity index (χ1) is 6.19. The Hall–Kier alpha value is -0.610. The third kappa shape index (κ3) is 2.42. The summed E-state index contributed by atoms with van der Waals surface area (Å²) in [6.45, 7) is 3.29. The van der Waals surface area contributed by atoms with E-state index in [1.807, 2.05) is 11.9 Å². The van der Waals surface area contributed by atoms with Gasteiger partial charge < -0.3 is 15.3 Å². The number of carbonyl (C=O) groups is 1. The second kappa shape index (κ2) is 4.58. The van der Waals surface area contributed by atoms with Crippen LogP contribution in [0.15, 0.2) is 0 Å². The molecular weight excluding hydrogens is 168 g/mol. The molecule has 0 spiro atoms. The molecule has 13 heavy (non-hydrogen) atoms. The van der Waals surface area contributed by atoms with Crippen LogP contribution in [0.5, 0.6) is 0 Å². The maximum Gasteiger partial charge on any atom is 0.219 e. The second-order valence-electron chi connectivity index (χ2n) is 3.59. The van der Waals surface area contributed by atoms with Crippen LogP contribution < -0.4 is 5.32 Å². The molecule has 4 nitrogen and oxygen atoms in total. The number of likely N-dealkylation sites (tertiary alicyclic amines) is 1. The average Bonchev–Trinajstić information content (AvgIpc) is 2.16. The molecule has 1 heterocycles. The molecule has 76 valence electrons. The summed E-state index contributed by atoms with van der Waals surface area (Å²) in [6.07, 6.45) is 0.890. The standard InChI is InChI=1S/C9H18N2O2/c1-7(13)11-4-3-8(6-12)9(5-11)10-2/h8-10,12H,3-6H2,1-2H3. The number of likely N-dealkylation sites (N-methyl/N-ethyl adjacent to an activating group) is 1. The Morgan fingerprint density at radius 1 is 1.69 bits per heavy atom. The Morgan fingerprint density at radius 2 is 2.38 bits per heavy atom. The van der Waals surface area contributed by atoms with Crippen LogP contribution in [0.4, 0.5) is 0 Å². The average molecular weight is 186 g/mol. The van der Waals surface area contributed by atoms with Crippen molar-refractivity contribution in [2.75, 3.05) is 26.7 Å². The lowest BCUT2D eigenvalue weighted by Gasteiger charge is -2.37. The minimum Gasteiger partial charge on any atom is -0.396 e. The van der Waals surface area contributed by atoms with Crippen LogP contribution in [0.3, 0.4) is 0 Å². The molecule has 1 aliphatic heterocycles. The number of aliphatic hydroxyl groups is 1. The van der Waals surface area contributed by atoms with Crippen molar-refractivity contribution in [2.24, 2.45) is 5.92 Å². The van der Waals surface area contributed by atoms with Crippen LogP contribution in [0, 0.1) is 5.92 Å². The molecule has 1 amide bonds. The molecule has 4 heteroatoms. The number of nitrogens with zero attached hydrogens (tertiary/aromatic N) is 1. The van der Waals surface area contributed by atoms with Gasteiger partial charge >= 0.3 is 0 Å². The molecule has 0 aromatic rings. The van der Waals surface area contributed by atoms with E-state index in [2.05, 4.69) is 5.32 Å². The summed E-state index contributed by atoms with van der Waals surface area (Å²) in [5, 5.41) is 12.2. The van der Waals surface area contributed by atoms with Crippen molar-refractivity contribution in [3.63, 3.8) is 0 Å². The molecule has 0 aromatic carbocycles. The first-order valence-corrected chi connectivity index (χ1v) is 4.72. The normalized spacial score (nSPS) is 29.0. The summed E-state index contributed by atoms with van der Waals surface area (Å²) in [4.78, 5) is 12.9. The molecule has 2 atom stereocenters. The molecule has 2 N–H and O–H groups in total. The molecule has 1 aliphatic rings. The van der Waals surface area contributed by atoms with Crippen molar-refractivity contribution in [1.29, 1.82) is 0 Å². The SMILES string of the molecule is CNC1CN(C(C)=O)CCC1CO. The highest BCUT2D eigenvalue weighted by Gasteiger charge is 2.28. The molecule has 0 aliphatic carbocycles. The van der Waals surface area contributed by atoms with Gasteiger partial charge in [0, 0.05) is 38.6 Å². The molecule has 1 saturated heterocycles. The summed E-state index contributed by atoms with van der Waals surface area (Å²) >= 11 is 0. The highest BCUT2D eigenvalue weighted by atomic mass is 16.3. The van der Waals surface area contributed by atoms with Crippen LogP contribution in [0.1, 0.15) is 13.3 Å². The van der Waals surface area contributed by atoms with Crippen molar-refractivity contribution in [3.05, 3.63) is 0 Å². The Labute approximate surface area is 78.9 Å². The van der Waals surface area contributed by atoms with Crippen LogP contribution in [-0.4, -0.2) is 48.7 Å². The Morgan fingerprint density at radius 3 is 2.85 bits per heavy atom. The number of amides is 1. The molecule has 0 bridgehead atoms. The second-order valence-corrected chi connectivity index (χ2v) is 3.59. The van der Waals surface area contributed by atoms with Crippen LogP contribution in [0.2, 0.25) is 0 Å². The van der Waals surface area contributed by atoms with Crippen LogP contribution in [0.25, 0.3) is 0 Å². The summed E-state index contributed by atoms with van der Waals surface area (Å²) in [6, 6.07) is 0.239. The van der Waals surface area contributed by atoms with Gasteiger partial charge in [0.2, 0.25) is 5.91 Å². The largest absolute Gasteiger partial charge is 0.396 e. The summed E-state index contributed by atoms with van der Waals surface area (Å²) < 4.78 is 0. The van der Waals surface area contributed by atoms with Gasteiger partial charge in [-0.15, -0.1) is 0 Å². The number of carbonyl (C=O) groups excluding carboxylic acids is 1. The zero-order chi connectivity index (χ0) is 9.84. The first-order valence-electron chi connectivity index (χ1n) is 4.72. The predicted molar refractivity (Wildman–Crippen MR) is 50.3 cm³/mol. The van der Waals surface area contributed by atoms with E-state index in [0.29, 0.717) is 5.92 Å². The number of hydrogen-bond donors (Lipinski definition) is 2. The van der Waals surface area contributed by atoms with E-state index < -0.39 is 0 Å². The van der Waals surface area contributed by atoms with Gasteiger partial charge in [-0.1, -0.05) is 0 Å². The van der Waals surface area contributed by atoms with Gasteiger partial charge in [-0.3, -0.25) is 4.79 Å². The fourth-order valence-corrected chi connectivity index (χ4v) is 1.83. The third-order valence-electron chi connectivity index (χ3n) is 2.81. The van der Waals surface area contributed by atoms with Gasteiger partial charge in [0.25, 0.3) is 0 Å². The van der Waals surface area contributed by atoms with E-state index in [1.54, 1.807) is 6.92 Å². The fourth-order valence-electron chi connectivity index (χ4n) is 1.83. The minimum atomic E-state index is 0.122. The van der Waals surface area contributed by atoms with E-state index in [-0.39, 0.29) is 18.6 Å². The number of hydrogen-bond acceptors (Lipinski definition) is 3. The monoisotopic (exact) mass is 186 g/mol. The molecule has 0 saturated carbocycles. The smallest absolute Gasteiger partial charge is 0.219 e. The lowest BCUT2D eigenvalue weighted by molar-refractivity contribution is -0.131. The van der Waals surface area contributed by atoms with Gasteiger partial charge in [-0.2, -0.15) is 0 Å². The number of aliphatic hydroxyl groups excluding tert-OH is 1. The summed E-state index contributed by atoms with van der Waals surface area (Å²) in [5.74, 6) is 0.414. The lowest BCUT2D eigenvalue weighted by atomic mass is 9.92. The molecule has 1 fully saturated rings. The van der Waals surface area contributed by atoms with Gasteiger partial charge in [-0.25, -0.2) is 0 Å². The minimum absolute atomic E-state index is 0.122. The molecular formula is C9H18N2O2. The Balaban J connectivity index is 2.52. The highest BCUT2D eigenvalue weighted by Crippen LogP contribution is 2.16. The maximum atomic E-state index is 11.1. The zero-order valence-electron chi connectivity index (χ0n) is 8.29. The number of nitrogens with one attached hydrogen (secondary N) is 1. The van der Waals surface area contributed by atoms with Crippen molar-refractivity contribution < 1.29 is 9.90 Å². The molecule has 2 unspecified atom stereocenters.